The van der Waals surface area contributed by atoms with Crippen LogP contribution in [0.2, 0.25) is 5.02 Å². The molecule has 3 N–H and O–H groups in total. The molecule has 37 heavy (non-hydrogen) atoms. The van der Waals surface area contributed by atoms with Gasteiger partial charge in [-0.1, -0.05) is 46.2 Å². The van der Waals surface area contributed by atoms with Crippen LogP contribution < -0.4 is 14.2 Å². The van der Waals surface area contributed by atoms with Crippen LogP contribution in [0, 0.1) is 0 Å². The molecule has 10 nitrogen and oxygen atoms in total. The van der Waals surface area contributed by atoms with Crippen molar-refractivity contribution < 1.29 is 29.6 Å². The van der Waals surface area contributed by atoms with E-state index in [1.807, 2.05) is 24.3 Å². The fourth-order valence-corrected chi connectivity index (χ4v) is 4.33. The summed E-state index contributed by atoms with van der Waals surface area (Å²) in [5.74, 6) is 0.732. The van der Waals surface area contributed by atoms with E-state index in [0.717, 1.165) is 5.56 Å². The van der Waals surface area contributed by atoms with Crippen LogP contribution in [-0.4, -0.2) is 43.2 Å². The quantitative estimate of drug-likeness (QED) is 0.235. The maximum atomic E-state index is 10.6. The Kier molecular flexibility index (Phi) is 6.74. The van der Waals surface area contributed by atoms with E-state index >= 15 is 0 Å². The predicted molar refractivity (Wildman–Crippen MR) is 134 cm³/mol. The zero-order chi connectivity index (χ0) is 25.9. The molecule has 0 saturated carbocycles. The van der Waals surface area contributed by atoms with E-state index in [1.54, 1.807) is 29.1 Å². The first-order valence-electron chi connectivity index (χ1n) is 11.3. The Morgan fingerprint density at radius 1 is 1.14 bits per heavy atom. The van der Waals surface area contributed by atoms with Crippen molar-refractivity contribution in [3.8, 4) is 28.7 Å². The number of halogens is 1. The second-order valence-corrected chi connectivity index (χ2v) is 8.80. The molecule has 1 atom stereocenters. The average molecular weight is 523 g/mol. The summed E-state index contributed by atoms with van der Waals surface area (Å²) in [5.41, 5.74) is 2.66. The van der Waals surface area contributed by atoms with E-state index in [9.17, 15) is 15.4 Å². The standard InChI is InChI=1S/C26H23ClN4O6/c1-35-23-7-6-15(8-21(23)32)24-11-20(29-34)26-22(33)9-18(10-25(26)37-24)36-14-17-13-31(30-28-17)12-16-4-2-3-5-19(16)27/h2-10,13,24,32-34H,11-12,14H2,1H3/b29-20+/t24-/m0/s1. The molecule has 0 bridgehead atoms. The van der Waals surface area contributed by atoms with E-state index in [1.165, 1.54) is 19.2 Å². The molecule has 5 rings (SSSR count). The Balaban J connectivity index is 1.33. The van der Waals surface area contributed by atoms with Gasteiger partial charge in [0, 0.05) is 23.6 Å². The van der Waals surface area contributed by atoms with E-state index in [0.29, 0.717) is 34.3 Å². The van der Waals surface area contributed by atoms with Crippen molar-refractivity contribution in [3.05, 3.63) is 88.2 Å². The number of methoxy groups -OCH3 is 1. The molecule has 0 aliphatic carbocycles. The van der Waals surface area contributed by atoms with Crippen LogP contribution in [0.25, 0.3) is 0 Å². The number of benzene rings is 3. The lowest BCUT2D eigenvalue weighted by Crippen LogP contribution is -2.21. The van der Waals surface area contributed by atoms with Gasteiger partial charge in [0.25, 0.3) is 0 Å². The van der Waals surface area contributed by atoms with Crippen molar-refractivity contribution in [2.75, 3.05) is 7.11 Å². The maximum absolute atomic E-state index is 10.6. The van der Waals surface area contributed by atoms with Gasteiger partial charge < -0.3 is 29.6 Å². The van der Waals surface area contributed by atoms with Crippen LogP contribution in [0.3, 0.4) is 0 Å². The molecule has 1 aliphatic rings. The number of oxime groups is 1. The van der Waals surface area contributed by atoms with Gasteiger partial charge in [0.2, 0.25) is 0 Å². The van der Waals surface area contributed by atoms with Gasteiger partial charge in [-0.15, -0.1) is 5.10 Å². The van der Waals surface area contributed by atoms with Gasteiger partial charge in [0.15, 0.2) is 11.5 Å². The lowest BCUT2D eigenvalue weighted by atomic mass is 9.94. The molecule has 4 aromatic rings. The Bertz CT molecular complexity index is 1470. The maximum Gasteiger partial charge on any atom is 0.160 e. The Labute approximate surface area is 216 Å². The molecule has 1 aromatic heterocycles. The number of fused-ring (bicyclic) bond motifs is 1. The Morgan fingerprint density at radius 2 is 1.97 bits per heavy atom. The minimum Gasteiger partial charge on any atom is -0.507 e. The molecule has 1 aliphatic heterocycles. The zero-order valence-corrected chi connectivity index (χ0v) is 20.5. The van der Waals surface area contributed by atoms with Crippen LogP contribution in [0.15, 0.2) is 65.9 Å². The highest BCUT2D eigenvalue weighted by Gasteiger charge is 2.30. The van der Waals surface area contributed by atoms with E-state index in [4.69, 9.17) is 25.8 Å². The predicted octanol–water partition coefficient (Wildman–Crippen LogP) is 4.68. The first kappa shape index (κ1) is 24.3. The lowest BCUT2D eigenvalue weighted by molar-refractivity contribution is 0.199. The summed E-state index contributed by atoms with van der Waals surface area (Å²) in [4.78, 5) is 0. The number of aromatic nitrogens is 3. The third-order valence-corrected chi connectivity index (χ3v) is 6.32. The van der Waals surface area contributed by atoms with Gasteiger partial charge >= 0.3 is 0 Å². The van der Waals surface area contributed by atoms with E-state index in [-0.39, 0.29) is 41.6 Å². The van der Waals surface area contributed by atoms with Crippen molar-refractivity contribution in [2.24, 2.45) is 5.16 Å². The first-order valence-corrected chi connectivity index (χ1v) is 11.7. The topological polar surface area (TPSA) is 131 Å². The lowest BCUT2D eigenvalue weighted by Gasteiger charge is -2.28. The smallest absolute Gasteiger partial charge is 0.160 e. The van der Waals surface area contributed by atoms with Crippen LogP contribution in [-0.2, 0) is 13.2 Å². The van der Waals surface area contributed by atoms with Gasteiger partial charge in [-0.25, -0.2) is 4.68 Å². The third-order valence-electron chi connectivity index (χ3n) is 5.95. The number of ether oxygens (including phenoxy) is 3. The number of hydrogen-bond acceptors (Lipinski definition) is 9. The second kappa shape index (κ2) is 10.3. The summed E-state index contributed by atoms with van der Waals surface area (Å²) in [6.45, 7) is 0.559. The van der Waals surface area contributed by atoms with Crippen molar-refractivity contribution in [2.45, 2.75) is 25.7 Å². The fraction of sp³-hybridized carbons (Fsp3) is 0.192. The zero-order valence-electron chi connectivity index (χ0n) is 19.7. The molecular formula is C26H23ClN4O6. The number of hydrogen-bond donors (Lipinski definition) is 3. The number of rotatable bonds is 7. The normalized spacial score (nSPS) is 15.7. The van der Waals surface area contributed by atoms with Crippen molar-refractivity contribution >= 4 is 17.3 Å². The second-order valence-electron chi connectivity index (χ2n) is 8.39. The van der Waals surface area contributed by atoms with Crippen molar-refractivity contribution in [1.29, 1.82) is 0 Å². The van der Waals surface area contributed by atoms with Gasteiger partial charge in [-0.3, -0.25) is 0 Å². The molecule has 0 saturated heterocycles. The van der Waals surface area contributed by atoms with Gasteiger partial charge in [0.05, 0.1) is 31.1 Å². The van der Waals surface area contributed by atoms with Gasteiger partial charge in [0.1, 0.15) is 35.7 Å². The summed E-state index contributed by atoms with van der Waals surface area (Å²) in [5, 5.41) is 42.7. The van der Waals surface area contributed by atoms with Crippen LogP contribution in [0.4, 0.5) is 0 Å². The summed E-state index contributed by atoms with van der Waals surface area (Å²) >= 11 is 6.22. The molecule has 0 radical (unpaired) electrons. The molecule has 0 spiro atoms. The molecule has 11 heteroatoms. The summed E-state index contributed by atoms with van der Waals surface area (Å²) < 4.78 is 18.7. The van der Waals surface area contributed by atoms with Gasteiger partial charge in [-0.2, -0.15) is 0 Å². The molecule has 0 fully saturated rings. The largest absolute Gasteiger partial charge is 0.507 e. The van der Waals surface area contributed by atoms with E-state index < -0.39 is 6.10 Å². The highest BCUT2D eigenvalue weighted by atomic mass is 35.5. The Hall–Kier alpha value is -4.44. The molecule has 2 heterocycles. The molecule has 3 aromatic carbocycles. The Morgan fingerprint density at radius 3 is 2.73 bits per heavy atom. The molecule has 190 valence electrons. The summed E-state index contributed by atoms with van der Waals surface area (Å²) in [6.07, 6.45) is 1.35. The number of phenolic OH excluding ortho intramolecular Hbond substituents is 2. The number of nitrogens with zero attached hydrogens (tertiary/aromatic N) is 4. The SMILES string of the molecule is COc1ccc([C@@H]2C/C(=N\O)c3c(O)cc(OCc4cn(Cc5ccccc5Cl)nn4)cc3O2)cc1O. The van der Waals surface area contributed by atoms with E-state index in [2.05, 4.69) is 15.5 Å². The highest BCUT2D eigenvalue weighted by Crippen LogP contribution is 2.43. The van der Waals surface area contributed by atoms with Crippen LogP contribution in [0.5, 0.6) is 28.7 Å². The number of phenols is 2. The third kappa shape index (κ3) is 5.10. The average Bonchev–Trinajstić information content (AvgIpc) is 3.35. The first-order chi connectivity index (χ1) is 17.9. The minimum atomic E-state index is -0.574. The number of aromatic hydroxyl groups is 2. The molecule has 0 unspecified atom stereocenters. The molecular weight excluding hydrogens is 500 g/mol. The molecule has 0 amide bonds. The highest BCUT2D eigenvalue weighted by molar-refractivity contribution is 6.31. The minimum absolute atomic E-state index is 0.0422. The monoisotopic (exact) mass is 522 g/mol. The summed E-state index contributed by atoms with van der Waals surface area (Å²) in [6, 6.07) is 15.4. The van der Waals surface area contributed by atoms with Crippen molar-refractivity contribution in [3.63, 3.8) is 0 Å². The van der Waals surface area contributed by atoms with Crippen LogP contribution >= 0.6 is 11.6 Å². The van der Waals surface area contributed by atoms with Crippen molar-refractivity contribution in [1.82, 2.24) is 15.0 Å². The fourth-order valence-electron chi connectivity index (χ4n) is 4.14. The van der Waals surface area contributed by atoms with Crippen LogP contribution in [0.1, 0.15) is 34.9 Å². The summed E-state index contributed by atoms with van der Waals surface area (Å²) in [7, 11) is 1.46. The van der Waals surface area contributed by atoms with Gasteiger partial charge in [-0.05, 0) is 29.3 Å².